The highest BCUT2D eigenvalue weighted by Crippen LogP contribution is 2.04. The van der Waals surface area contributed by atoms with E-state index in [-0.39, 0.29) is 45.2 Å². The predicted molar refractivity (Wildman–Crippen MR) is 317 cm³/mol. The van der Waals surface area contributed by atoms with E-state index in [1.165, 1.54) is 116 Å². The Morgan fingerprint density at radius 1 is 0.250 bits per heavy atom. The second-order valence-corrected chi connectivity index (χ2v) is 21.5. The van der Waals surface area contributed by atoms with E-state index < -0.39 is 161 Å². The molecule has 0 aromatic heterocycles. The average molecular weight is 1240 g/mol. The number of amides is 16. The number of hydrogen-bond acceptors (Lipinski definition) is 17. The molecule has 0 aliphatic carbocycles. The van der Waals surface area contributed by atoms with Crippen molar-refractivity contribution in [3.8, 4) is 0 Å². The molecule has 0 unspecified atom stereocenters. The molecule has 0 atom stereocenters. The van der Waals surface area contributed by atoms with Crippen molar-refractivity contribution in [2.75, 3.05) is 217 Å². The van der Waals surface area contributed by atoms with Gasteiger partial charge in [0, 0.05) is 112 Å². The highest BCUT2D eigenvalue weighted by Gasteiger charge is 2.29. The maximum atomic E-state index is 13.1. The number of rotatable bonds is 34. The minimum atomic E-state index is -0.674. The summed E-state index contributed by atoms with van der Waals surface area (Å²) in [4.78, 5) is 221. The average Bonchev–Trinajstić information content (AvgIpc) is 3.68. The summed E-state index contributed by atoms with van der Waals surface area (Å²) in [6, 6.07) is 9.19. The van der Waals surface area contributed by atoms with Gasteiger partial charge in [-0.15, -0.1) is 0 Å². The van der Waals surface area contributed by atoms with Gasteiger partial charge in [0.15, 0.2) is 0 Å². The Morgan fingerprint density at radius 2 is 0.409 bits per heavy atom. The molecule has 88 heavy (non-hydrogen) atoms. The van der Waals surface area contributed by atoms with E-state index >= 15 is 0 Å². The van der Waals surface area contributed by atoms with Crippen LogP contribution in [0.1, 0.15) is 5.56 Å². The first-order valence-electron chi connectivity index (χ1n) is 27.4. The molecular weight excluding hydrogens is 1150 g/mol. The summed E-state index contributed by atoms with van der Waals surface area (Å²) in [7, 11) is 21.6. The Labute approximate surface area is 513 Å². The fraction of sp³-hybridized carbons (Fsp3) is 0.600. The molecule has 33 heteroatoms. The topological polar surface area (TPSA) is 346 Å². The Bertz CT molecular complexity index is 2700. The number of nitrogens with one attached hydrogen (secondary N) is 2. The molecule has 16 amide bonds. The summed E-state index contributed by atoms with van der Waals surface area (Å²) in [6.07, 6.45) is 0. The summed E-state index contributed by atoms with van der Waals surface area (Å²) in [5, 5.41) is 5.41. The highest BCUT2D eigenvalue weighted by atomic mass is 16.2. The van der Waals surface area contributed by atoms with Gasteiger partial charge < -0.3 is 84.1 Å². The zero-order valence-electron chi connectivity index (χ0n) is 53.6. The summed E-state index contributed by atoms with van der Waals surface area (Å²) < 4.78 is 0. The zero-order valence-corrected chi connectivity index (χ0v) is 53.6. The van der Waals surface area contributed by atoms with Crippen molar-refractivity contribution in [3.05, 3.63) is 35.9 Å². The first kappa shape index (κ1) is 76.7. The molecule has 0 heterocycles. The summed E-state index contributed by atoms with van der Waals surface area (Å²) >= 11 is 0. The SMILES string of the molecule is CNCC(=O)N(C)CC(=O)N(C)CC(=O)N(C)CC(=O)N(C)CC(=O)N(C)CC(=O)N(C)CC(=O)N(C)CC(=O)N(C)CC(=O)N(C)CC(=O)N(C)CC(=O)N(C)CC(=O)N(C)CC(=O)N(C)CC(=O)N(C)CC(=O)N(C)CC(=O)NCc1ccccc1. The lowest BCUT2D eigenvalue weighted by Crippen LogP contribution is -2.50. The third-order valence-electron chi connectivity index (χ3n) is 13.6. The molecule has 0 saturated carbocycles. The maximum absolute atomic E-state index is 13.1. The minimum absolute atomic E-state index is 0.0240. The molecule has 490 valence electrons. The Morgan fingerprint density at radius 3 is 0.580 bits per heavy atom. The van der Waals surface area contributed by atoms with Crippen molar-refractivity contribution >= 4 is 94.5 Å². The number of likely N-dealkylation sites (N-methyl/N-ethyl adjacent to an activating group) is 16. The summed E-state index contributed by atoms with van der Waals surface area (Å²) in [5.41, 5.74) is 0.881. The second-order valence-electron chi connectivity index (χ2n) is 21.5. The number of carbonyl (C=O) groups excluding carboxylic acids is 16. The van der Waals surface area contributed by atoms with Crippen molar-refractivity contribution in [1.29, 1.82) is 0 Å². The van der Waals surface area contributed by atoms with Gasteiger partial charge in [-0.1, -0.05) is 30.3 Å². The second kappa shape index (κ2) is 37.3. The van der Waals surface area contributed by atoms with Crippen LogP contribution >= 0.6 is 0 Å². The van der Waals surface area contributed by atoms with Crippen molar-refractivity contribution < 1.29 is 76.7 Å². The molecule has 1 aromatic rings. The van der Waals surface area contributed by atoms with Crippen LogP contribution in [0.5, 0.6) is 0 Å². The molecule has 0 fully saturated rings. The van der Waals surface area contributed by atoms with Crippen molar-refractivity contribution in [3.63, 3.8) is 0 Å². The fourth-order valence-corrected chi connectivity index (χ4v) is 7.21. The van der Waals surface area contributed by atoms with Gasteiger partial charge in [-0.2, -0.15) is 0 Å². The minimum Gasteiger partial charge on any atom is -0.350 e. The molecule has 0 radical (unpaired) electrons. The van der Waals surface area contributed by atoms with E-state index in [0.29, 0.717) is 0 Å². The van der Waals surface area contributed by atoms with Crippen LogP contribution in [0.3, 0.4) is 0 Å². The van der Waals surface area contributed by atoms with Crippen LogP contribution in [0.4, 0.5) is 0 Å². The molecular formula is C55H89N17O16. The summed E-state index contributed by atoms with van der Waals surface area (Å²) in [6.45, 7) is -6.26. The van der Waals surface area contributed by atoms with Gasteiger partial charge in [-0.3, -0.25) is 76.7 Å². The van der Waals surface area contributed by atoms with E-state index in [9.17, 15) is 76.7 Å². The van der Waals surface area contributed by atoms with Crippen LogP contribution in [-0.2, 0) is 83.3 Å². The number of hydrogen-bond donors (Lipinski definition) is 2. The van der Waals surface area contributed by atoms with Crippen LogP contribution in [0.25, 0.3) is 0 Å². The van der Waals surface area contributed by atoms with E-state index in [2.05, 4.69) is 10.6 Å². The van der Waals surface area contributed by atoms with Gasteiger partial charge in [-0.05, 0) is 12.6 Å². The van der Waals surface area contributed by atoms with Gasteiger partial charge in [0.1, 0.15) is 0 Å². The standard InChI is InChI=1S/C55H89N17O16/c1-56-23-41(74)59(3)25-43(76)61(5)27-45(78)63(7)29-47(80)65(9)31-49(82)67(11)33-51(84)69(13)35-53(86)71(15)37-55(88)72(16)38-54(87)70(14)36-52(85)68(12)34-50(83)66(10)32-48(81)64(8)30-46(79)62(6)28-44(77)60(4)26-42(75)58(2)24-40(73)57-22-39-20-18-17-19-21-39/h17-21,56H,22-38H2,1-16H3,(H,57,73). The van der Waals surface area contributed by atoms with Crippen molar-refractivity contribution in [2.24, 2.45) is 0 Å². The van der Waals surface area contributed by atoms with Crippen molar-refractivity contribution in [2.45, 2.75) is 6.54 Å². The number of nitrogens with zero attached hydrogens (tertiary/aromatic N) is 15. The van der Waals surface area contributed by atoms with Crippen molar-refractivity contribution in [1.82, 2.24) is 84.1 Å². The lowest BCUT2D eigenvalue weighted by atomic mass is 10.2. The fourth-order valence-electron chi connectivity index (χ4n) is 7.21. The predicted octanol–water partition coefficient (Wildman–Crippen LogP) is -7.60. The summed E-state index contributed by atoms with van der Waals surface area (Å²) in [5.74, 6) is -9.47. The van der Waals surface area contributed by atoms with Crippen LogP contribution in [0.2, 0.25) is 0 Å². The third-order valence-corrected chi connectivity index (χ3v) is 13.6. The Hall–Kier alpha value is -9.30. The van der Waals surface area contributed by atoms with Crippen LogP contribution in [-0.4, -0.2) is 385 Å². The molecule has 1 rings (SSSR count). The van der Waals surface area contributed by atoms with E-state index in [1.807, 2.05) is 30.3 Å². The quantitative estimate of drug-likeness (QED) is 0.0647. The van der Waals surface area contributed by atoms with Gasteiger partial charge >= 0.3 is 0 Å². The molecule has 0 spiro atoms. The number of carbonyl (C=O) groups is 16. The first-order valence-corrected chi connectivity index (χ1v) is 27.4. The Balaban J connectivity index is 2.55. The molecule has 0 aliphatic rings. The third kappa shape index (κ3) is 27.4. The molecule has 0 aliphatic heterocycles. The van der Waals surface area contributed by atoms with E-state index in [1.54, 1.807) is 7.05 Å². The lowest BCUT2D eigenvalue weighted by Gasteiger charge is -2.28. The highest BCUT2D eigenvalue weighted by molar-refractivity contribution is 5.96. The number of benzene rings is 1. The van der Waals surface area contributed by atoms with Crippen LogP contribution in [0, 0.1) is 0 Å². The van der Waals surface area contributed by atoms with Gasteiger partial charge in [0.05, 0.1) is 105 Å². The maximum Gasteiger partial charge on any atom is 0.242 e. The molecule has 0 bridgehead atoms. The normalized spacial score (nSPS) is 10.5. The smallest absolute Gasteiger partial charge is 0.242 e. The first-order chi connectivity index (χ1) is 40.9. The van der Waals surface area contributed by atoms with E-state index in [4.69, 9.17) is 0 Å². The molecule has 33 nitrogen and oxygen atoms in total. The molecule has 0 saturated heterocycles. The van der Waals surface area contributed by atoms with Gasteiger partial charge in [-0.25, -0.2) is 0 Å². The molecule has 1 aromatic carbocycles. The van der Waals surface area contributed by atoms with E-state index in [0.717, 1.165) is 69.3 Å². The zero-order chi connectivity index (χ0) is 67.4. The van der Waals surface area contributed by atoms with Crippen LogP contribution < -0.4 is 10.6 Å². The monoisotopic (exact) mass is 1240 g/mol. The van der Waals surface area contributed by atoms with Crippen LogP contribution in [0.15, 0.2) is 30.3 Å². The Kier molecular flexibility index (Phi) is 32.5. The largest absolute Gasteiger partial charge is 0.350 e. The van der Waals surface area contributed by atoms with Gasteiger partial charge in [0.25, 0.3) is 0 Å². The lowest BCUT2D eigenvalue weighted by molar-refractivity contribution is -0.147. The molecule has 2 N–H and O–H groups in total. The van der Waals surface area contributed by atoms with Gasteiger partial charge in [0.2, 0.25) is 94.5 Å².